The van der Waals surface area contributed by atoms with Crippen molar-refractivity contribution < 1.29 is 13.5 Å². The smallest absolute Gasteiger partial charge is 0.219 e. The molecule has 0 atom stereocenters. The summed E-state index contributed by atoms with van der Waals surface area (Å²) in [4.78, 5) is 3.93. The lowest BCUT2D eigenvalue weighted by Crippen LogP contribution is -2.19. The number of nitrogens with zero attached hydrogens (tertiary/aromatic N) is 1. The van der Waals surface area contributed by atoms with Crippen LogP contribution < -0.4 is 16.0 Å². The first-order chi connectivity index (χ1) is 9.08. The Kier molecular flexibility index (Phi) is 5.69. The third-order valence-corrected chi connectivity index (χ3v) is 2.05. The van der Waals surface area contributed by atoms with Crippen molar-refractivity contribution >= 4 is 5.90 Å². The molecule has 0 fully saturated rings. The van der Waals surface area contributed by atoms with Crippen molar-refractivity contribution in [2.75, 3.05) is 0 Å². The minimum Gasteiger partial charge on any atom is -0.433 e. The first kappa shape index (κ1) is 14.8. The van der Waals surface area contributed by atoms with Crippen molar-refractivity contribution in [3.8, 4) is 5.75 Å². The van der Waals surface area contributed by atoms with Crippen molar-refractivity contribution in [2.24, 2.45) is 10.8 Å². The van der Waals surface area contributed by atoms with E-state index >= 15 is 0 Å². The quantitative estimate of drug-likeness (QED) is 0.381. The van der Waals surface area contributed by atoms with Crippen LogP contribution in [0, 0.1) is 11.6 Å². The second-order valence-corrected chi connectivity index (χ2v) is 3.58. The van der Waals surface area contributed by atoms with Gasteiger partial charge in [0.05, 0.1) is 6.20 Å². The highest BCUT2D eigenvalue weighted by Crippen LogP contribution is 2.21. The van der Waals surface area contributed by atoms with Crippen molar-refractivity contribution in [3.05, 3.63) is 53.9 Å². The molecule has 0 unspecified atom stereocenters. The van der Waals surface area contributed by atoms with Crippen LogP contribution in [0.5, 0.6) is 5.75 Å². The predicted octanol–water partition coefficient (Wildman–Crippen LogP) is 2.64. The van der Waals surface area contributed by atoms with Gasteiger partial charge in [-0.15, -0.1) is 0 Å². The molecule has 1 aromatic rings. The fourth-order valence-electron chi connectivity index (χ4n) is 1.13. The van der Waals surface area contributed by atoms with Crippen molar-refractivity contribution in [3.63, 3.8) is 0 Å². The molecule has 0 amide bonds. The van der Waals surface area contributed by atoms with Crippen LogP contribution in [0.2, 0.25) is 0 Å². The van der Waals surface area contributed by atoms with Gasteiger partial charge in [-0.3, -0.25) is 5.84 Å². The molecule has 0 aliphatic heterocycles. The van der Waals surface area contributed by atoms with E-state index in [0.717, 1.165) is 12.1 Å². The first-order valence-corrected chi connectivity index (χ1v) is 5.54. The van der Waals surface area contributed by atoms with Gasteiger partial charge >= 0.3 is 0 Å². The van der Waals surface area contributed by atoms with Crippen LogP contribution in [-0.4, -0.2) is 5.90 Å². The van der Waals surface area contributed by atoms with Gasteiger partial charge in [-0.2, -0.15) is 0 Å². The third-order valence-electron chi connectivity index (χ3n) is 2.05. The number of para-hydroxylation sites is 1. The summed E-state index contributed by atoms with van der Waals surface area (Å²) in [5, 5.41) is 0. The molecule has 0 saturated carbocycles. The van der Waals surface area contributed by atoms with Gasteiger partial charge in [0.1, 0.15) is 0 Å². The zero-order valence-electron chi connectivity index (χ0n) is 10.7. The number of ether oxygens (including phenoxy) is 1. The SMILES string of the molecule is C/C=C/C(=N\C=C(/C)NN)Oc1c(F)cccc1F. The molecule has 0 heterocycles. The number of benzene rings is 1. The average Bonchev–Trinajstić information content (AvgIpc) is 2.39. The summed E-state index contributed by atoms with van der Waals surface area (Å²) in [6, 6.07) is 3.47. The van der Waals surface area contributed by atoms with Crippen LogP contribution >= 0.6 is 0 Å². The summed E-state index contributed by atoms with van der Waals surface area (Å²) < 4.78 is 32.0. The summed E-state index contributed by atoms with van der Waals surface area (Å²) >= 11 is 0. The van der Waals surface area contributed by atoms with Gasteiger partial charge in [0.2, 0.25) is 11.6 Å². The average molecular weight is 267 g/mol. The normalized spacial score (nSPS) is 12.9. The van der Waals surface area contributed by atoms with Crippen LogP contribution in [0.4, 0.5) is 8.78 Å². The van der Waals surface area contributed by atoms with Crippen LogP contribution in [0.1, 0.15) is 13.8 Å². The minimum absolute atomic E-state index is 0.0427. The van der Waals surface area contributed by atoms with E-state index in [1.165, 1.54) is 18.3 Å². The lowest BCUT2D eigenvalue weighted by molar-refractivity contribution is 0.449. The fourth-order valence-corrected chi connectivity index (χ4v) is 1.13. The van der Waals surface area contributed by atoms with Crippen LogP contribution in [-0.2, 0) is 0 Å². The zero-order valence-corrected chi connectivity index (χ0v) is 10.7. The maximum Gasteiger partial charge on any atom is 0.219 e. The van der Waals surface area contributed by atoms with E-state index in [0.29, 0.717) is 5.70 Å². The van der Waals surface area contributed by atoms with Crippen molar-refractivity contribution in [2.45, 2.75) is 13.8 Å². The van der Waals surface area contributed by atoms with E-state index in [9.17, 15) is 8.78 Å². The molecule has 0 saturated heterocycles. The maximum atomic E-state index is 13.4. The number of rotatable bonds is 4. The molecule has 0 bridgehead atoms. The van der Waals surface area contributed by atoms with Crippen LogP contribution in [0.25, 0.3) is 0 Å². The van der Waals surface area contributed by atoms with Gasteiger partial charge in [-0.25, -0.2) is 13.8 Å². The number of nitrogens with two attached hydrogens (primary N) is 1. The van der Waals surface area contributed by atoms with Gasteiger partial charge in [0.25, 0.3) is 0 Å². The Morgan fingerprint density at radius 1 is 1.37 bits per heavy atom. The number of hydrogen-bond donors (Lipinski definition) is 2. The number of aliphatic imine (C=N–C) groups is 1. The summed E-state index contributed by atoms with van der Waals surface area (Å²) in [5.41, 5.74) is 2.94. The molecular weight excluding hydrogens is 252 g/mol. The Labute approximate surface area is 110 Å². The minimum atomic E-state index is -0.796. The summed E-state index contributed by atoms with van der Waals surface area (Å²) in [5.74, 6) is 3.12. The number of halogens is 2. The van der Waals surface area contributed by atoms with E-state index in [4.69, 9.17) is 10.6 Å². The standard InChI is InChI=1S/C13H15F2N3O/c1-3-5-12(17-8-9(2)18-16)19-13-10(14)6-4-7-11(13)15/h3-8,18H,16H2,1-2H3/b5-3+,9-8+,17-12+. The highest BCUT2D eigenvalue weighted by Gasteiger charge is 2.11. The van der Waals surface area contributed by atoms with Gasteiger partial charge < -0.3 is 10.2 Å². The van der Waals surface area contributed by atoms with Crippen LogP contribution in [0.3, 0.4) is 0 Å². The summed E-state index contributed by atoms with van der Waals surface area (Å²) in [6.45, 7) is 3.41. The van der Waals surface area contributed by atoms with E-state index in [1.807, 2.05) is 0 Å². The highest BCUT2D eigenvalue weighted by molar-refractivity contribution is 5.89. The molecule has 3 N–H and O–H groups in total. The Balaban J connectivity index is 3.03. The summed E-state index contributed by atoms with van der Waals surface area (Å²) in [6.07, 6.45) is 4.50. The van der Waals surface area contributed by atoms with Gasteiger partial charge in [0.15, 0.2) is 11.6 Å². The topological polar surface area (TPSA) is 59.6 Å². The molecule has 1 aromatic carbocycles. The van der Waals surface area contributed by atoms with E-state index in [-0.39, 0.29) is 5.90 Å². The van der Waals surface area contributed by atoms with Crippen molar-refractivity contribution in [1.82, 2.24) is 5.43 Å². The zero-order chi connectivity index (χ0) is 14.3. The van der Waals surface area contributed by atoms with Crippen molar-refractivity contribution in [1.29, 1.82) is 0 Å². The van der Waals surface area contributed by atoms with E-state index < -0.39 is 17.4 Å². The Morgan fingerprint density at radius 3 is 2.53 bits per heavy atom. The molecule has 0 aromatic heterocycles. The number of nitrogens with one attached hydrogen (secondary N) is 1. The molecule has 0 spiro atoms. The molecule has 0 aliphatic carbocycles. The highest BCUT2D eigenvalue weighted by atomic mass is 19.1. The first-order valence-electron chi connectivity index (χ1n) is 5.54. The number of hydrazine groups is 1. The molecule has 4 nitrogen and oxygen atoms in total. The molecular formula is C13H15F2N3O. The van der Waals surface area contributed by atoms with Gasteiger partial charge in [0, 0.05) is 5.70 Å². The third kappa shape index (κ3) is 4.51. The molecule has 0 radical (unpaired) electrons. The Bertz CT molecular complexity index is 504. The predicted molar refractivity (Wildman–Crippen MR) is 70.3 cm³/mol. The number of hydrogen-bond acceptors (Lipinski definition) is 4. The van der Waals surface area contributed by atoms with E-state index in [1.54, 1.807) is 19.9 Å². The Hall–Kier alpha value is -2.21. The van der Waals surface area contributed by atoms with Gasteiger partial charge in [-0.05, 0) is 32.1 Å². The molecule has 19 heavy (non-hydrogen) atoms. The lowest BCUT2D eigenvalue weighted by Gasteiger charge is -2.07. The van der Waals surface area contributed by atoms with Crippen LogP contribution in [0.15, 0.2) is 47.2 Å². The monoisotopic (exact) mass is 267 g/mol. The largest absolute Gasteiger partial charge is 0.433 e. The molecule has 6 heteroatoms. The Morgan fingerprint density at radius 2 is 2.00 bits per heavy atom. The van der Waals surface area contributed by atoms with E-state index in [2.05, 4.69) is 10.4 Å². The molecule has 102 valence electrons. The second kappa shape index (κ2) is 7.27. The fraction of sp³-hybridized carbons (Fsp3) is 0.154. The summed E-state index contributed by atoms with van der Waals surface area (Å²) in [7, 11) is 0. The van der Waals surface area contributed by atoms with Gasteiger partial charge in [-0.1, -0.05) is 12.1 Å². The molecule has 1 rings (SSSR count). The maximum absolute atomic E-state index is 13.4. The number of allylic oxidation sites excluding steroid dienone is 2. The molecule has 0 aliphatic rings. The second-order valence-electron chi connectivity index (χ2n) is 3.58. The lowest BCUT2D eigenvalue weighted by atomic mass is 10.3.